The minimum atomic E-state index is -0.0244. The van der Waals surface area contributed by atoms with E-state index < -0.39 is 0 Å². The maximum atomic E-state index is 6.08. The molecule has 0 amide bonds. The Balaban J connectivity index is 2.28. The third-order valence-electron chi connectivity index (χ3n) is 3.58. The Morgan fingerprint density at radius 2 is 1.59 bits per heavy atom. The first kappa shape index (κ1) is 16.4. The molecule has 0 aliphatic rings. The smallest absolute Gasteiger partial charge is 0.131 e. The van der Waals surface area contributed by atoms with Gasteiger partial charge in [-0.2, -0.15) is 0 Å². The number of rotatable bonds is 5. The summed E-state index contributed by atoms with van der Waals surface area (Å²) in [5.41, 5.74) is 7.90. The van der Waals surface area contributed by atoms with Crippen molar-refractivity contribution in [2.75, 3.05) is 13.7 Å². The first-order valence-electron chi connectivity index (χ1n) is 7.59. The van der Waals surface area contributed by atoms with Crippen molar-refractivity contribution in [1.29, 1.82) is 0 Å². The Labute approximate surface area is 133 Å². The lowest BCUT2D eigenvalue weighted by Crippen LogP contribution is -2.12. The zero-order chi connectivity index (χ0) is 16.2. The topological polar surface area (TPSA) is 44.5 Å². The standard InChI is InChI=1S/C19H25NO2/c1-19(2,3)17-13-16(21-4)9-10-18(17)22-15-7-5-14(6-8-15)11-12-20/h5-10,13H,11-12,20H2,1-4H3. The van der Waals surface area contributed by atoms with Crippen molar-refractivity contribution in [2.24, 2.45) is 5.73 Å². The van der Waals surface area contributed by atoms with Gasteiger partial charge in [-0.1, -0.05) is 32.9 Å². The van der Waals surface area contributed by atoms with Crippen molar-refractivity contribution >= 4 is 0 Å². The molecular weight excluding hydrogens is 274 g/mol. The van der Waals surface area contributed by atoms with Gasteiger partial charge in [0.1, 0.15) is 17.2 Å². The van der Waals surface area contributed by atoms with Crippen LogP contribution in [0, 0.1) is 0 Å². The van der Waals surface area contributed by atoms with Crippen molar-refractivity contribution in [3.8, 4) is 17.2 Å². The molecule has 3 heteroatoms. The van der Waals surface area contributed by atoms with Crippen LogP contribution in [0.3, 0.4) is 0 Å². The Bertz CT molecular complexity index is 612. The first-order valence-corrected chi connectivity index (χ1v) is 7.59. The van der Waals surface area contributed by atoms with Crippen LogP contribution < -0.4 is 15.2 Å². The van der Waals surface area contributed by atoms with Gasteiger partial charge < -0.3 is 15.2 Å². The Kier molecular flexibility index (Phi) is 5.09. The predicted octanol–water partition coefficient (Wildman–Crippen LogP) is 4.29. The van der Waals surface area contributed by atoms with Crippen LogP contribution in [0.2, 0.25) is 0 Å². The number of ether oxygens (including phenoxy) is 2. The molecule has 2 aromatic carbocycles. The number of methoxy groups -OCH3 is 1. The summed E-state index contributed by atoms with van der Waals surface area (Å²) in [5, 5.41) is 0. The zero-order valence-electron chi connectivity index (χ0n) is 13.8. The monoisotopic (exact) mass is 299 g/mol. The summed E-state index contributed by atoms with van der Waals surface area (Å²) in [6.45, 7) is 7.16. The van der Waals surface area contributed by atoms with Crippen molar-refractivity contribution in [2.45, 2.75) is 32.6 Å². The molecule has 0 saturated carbocycles. The van der Waals surface area contributed by atoms with Gasteiger partial charge in [0, 0.05) is 5.56 Å². The Hall–Kier alpha value is -2.00. The highest BCUT2D eigenvalue weighted by Crippen LogP contribution is 2.36. The number of benzene rings is 2. The summed E-state index contributed by atoms with van der Waals surface area (Å²) in [6, 6.07) is 14.0. The fraction of sp³-hybridized carbons (Fsp3) is 0.368. The second-order valence-corrected chi connectivity index (χ2v) is 6.40. The van der Waals surface area contributed by atoms with Crippen LogP contribution in [-0.4, -0.2) is 13.7 Å². The molecule has 0 unspecified atom stereocenters. The third kappa shape index (κ3) is 4.01. The minimum Gasteiger partial charge on any atom is -0.497 e. The zero-order valence-corrected chi connectivity index (χ0v) is 13.8. The van der Waals surface area contributed by atoms with E-state index in [0.717, 1.165) is 29.2 Å². The highest BCUT2D eigenvalue weighted by molar-refractivity contribution is 5.46. The van der Waals surface area contributed by atoms with Gasteiger partial charge in [-0.25, -0.2) is 0 Å². The molecule has 0 radical (unpaired) electrons. The van der Waals surface area contributed by atoms with Gasteiger partial charge in [0.15, 0.2) is 0 Å². The fourth-order valence-electron chi connectivity index (χ4n) is 2.33. The normalized spacial score (nSPS) is 11.3. The average Bonchev–Trinajstić information content (AvgIpc) is 2.49. The van der Waals surface area contributed by atoms with E-state index in [1.807, 2.05) is 30.3 Å². The lowest BCUT2D eigenvalue weighted by atomic mass is 9.86. The van der Waals surface area contributed by atoms with Crippen molar-refractivity contribution < 1.29 is 9.47 Å². The molecule has 2 rings (SSSR count). The van der Waals surface area contributed by atoms with E-state index in [2.05, 4.69) is 32.9 Å². The number of hydrogen-bond acceptors (Lipinski definition) is 3. The highest BCUT2D eigenvalue weighted by Gasteiger charge is 2.20. The summed E-state index contributed by atoms with van der Waals surface area (Å²) in [6.07, 6.45) is 0.885. The van der Waals surface area contributed by atoms with Gasteiger partial charge in [-0.3, -0.25) is 0 Å². The molecule has 2 aromatic rings. The van der Waals surface area contributed by atoms with Crippen molar-refractivity contribution in [3.05, 3.63) is 53.6 Å². The third-order valence-corrected chi connectivity index (χ3v) is 3.58. The maximum absolute atomic E-state index is 6.08. The highest BCUT2D eigenvalue weighted by atomic mass is 16.5. The van der Waals surface area contributed by atoms with E-state index >= 15 is 0 Å². The Morgan fingerprint density at radius 1 is 0.955 bits per heavy atom. The quantitative estimate of drug-likeness (QED) is 0.896. The molecule has 2 N–H and O–H groups in total. The molecule has 0 spiro atoms. The van der Waals surface area contributed by atoms with Crippen LogP contribution in [-0.2, 0) is 11.8 Å². The van der Waals surface area contributed by atoms with Gasteiger partial charge in [-0.05, 0) is 54.3 Å². The Morgan fingerprint density at radius 3 is 2.14 bits per heavy atom. The first-order chi connectivity index (χ1) is 10.4. The number of hydrogen-bond donors (Lipinski definition) is 1. The molecule has 0 saturated heterocycles. The largest absolute Gasteiger partial charge is 0.497 e. The molecule has 0 fully saturated rings. The lowest BCUT2D eigenvalue weighted by molar-refractivity contribution is 0.407. The maximum Gasteiger partial charge on any atom is 0.131 e. The molecule has 0 bridgehead atoms. The van der Waals surface area contributed by atoms with E-state index in [1.165, 1.54) is 5.56 Å². The lowest BCUT2D eigenvalue weighted by Gasteiger charge is -2.23. The molecule has 0 aromatic heterocycles. The van der Waals surface area contributed by atoms with E-state index in [1.54, 1.807) is 7.11 Å². The molecule has 0 atom stereocenters. The molecule has 0 heterocycles. The van der Waals surface area contributed by atoms with Gasteiger partial charge in [0.25, 0.3) is 0 Å². The van der Waals surface area contributed by atoms with Crippen molar-refractivity contribution in [3.63, 3.8) is 0 Å². The van der Waals surface area contributed by atoms with E-state index in [0.29, 0.717) is 6.54 Å². The summed E-state index contributed by atoms with van der Waals surface area (Å²) in [5.74, 6) is 2.53. The molecule has 118 valence electrons. The predicted molar refractivity (Wildman–Crippen MR) is 91.0 cm³/mol. The summed E-state index contributed by atoms with van der Waals surface area (Å²) in [4.78, 5) is 0. The van der Waals surface area contributed by atoms with Crippen LogP contribution in [0.15, 0.2) is 42.5 Å². The van der Waals surface area contributed by atoms with E-state index in [9.17, 15) is 0 Å². The second kappa shape index (κ2) is 6.84. The van der Waals surface area contributed by atoms with Crippen LogP contribution in [0.5, 0.6) is 17.2 Å². The van der Waals surface area contributed by atoms with E-state index in [-0.39, 0.29) is 5.41 Å². The van der Waals surface area contributed by atoms with Crippen LogP contribution >= 0.6 is 0 Å². The molecule has 0 aliphatic carbocycles. The van der Waals surface area contributed by atoms with Crippen LogP contribution in [0.25, 0.3) is 0 Å². The molecule has 3 nitrogen and oxygen atoms in total. The minimum absolute atomic E-state index is 0.0244. The summed E-state index contributed by atoms with van der Waals surface area (Å²) < 4.78 is 11.4. The van der Waals surface area contributed by atoms with E-state index in [4.69, 9.17) is 15.2 Å². The SMILES string of the molecule is COc1ccc(Oc2ccc(CCN)cc2)c(C(C)(C)C)c1. The van der Waals surface area contributed by atoms with Gasteiger partial charge in [0.05, 0.1) is 7.11 Å². The summed E-state index contributed by atoms with van der Waals surface area (Å²) in [7, 11) is 1.68. The van der Waals surface area contributed by atoms with Crippen molar-refractivity contribution in [1.82, 2.24) is 0 Å². The fourth-order valence-corrected chi connectivity index (χ4v) is 2.33. The van der Waals surface area contributed by atoms with Crippen LogP contribution in [0.4, 0.5) is 0 Å². The number of nitrogens with two attached hydrogens (primary N) is 1. The summed E-state index contributed by atoms with van der Waals surface area (Å²) >= 11 is 0. The van der Waals surface area contributed by atoms with Crippen LogP contribution in [0.1, 0.15) is 31.9 Å². The molecular formula is C19H25NO2. The van der Waals surface area contributed by atoms with Gasteiger partial charge >= 0.3 is 0 Å². The van der Waals surface area contributed by atoms with Gasteiger partial charge in [-0.15, -0.1) is 0 Å². The average molecular weight is 299 g/mol. The molecule has 0 aliphatic heterocycles. The van der Waals surface area contributed by atoms with Gasteiger partial charge in [0.2, 0.25) is 0 Å². The molecule has 22 heavy (non-hydrogen) atoms. The second-order valence-electron chi connectivity index (χ2n) is 6.40.